The van der Waals surface area contributed by atoms with Crippen molar-refractivity contribution in [1.82, 2.24) is 14.5 Å². The highest BCUT2D eigenvalue weighted by Gasteiger charge is 2.40. The van der Waals surface area contributed by atoms with Crippen molar-refractivity contribution in [2.75, 3.05) is 73.9 Å². The second-order valence-corrected chi connectivity index (χ2v) is 29.9. The summed E-state index contributed by atoms with van der Waals surface area (Å²) in [5, 5.41) is 21.1. The van der Waals surface area contributed by atoms with E-state index in [-0.39, 0.29) is 63.8 Å². The zero-order valence-corrected chi connectivity index (χ0v) is 60.8. The lowest BCUT2D eigenvalue weighted by Crippen LogP contribution is -2.47. The summed E-state index contributed by atoms with van der Waals surface area (Å²) in [6, 6.07) is 20.0. The number of hydrogen-bond acceptors (Lipinski definition) is 19. The van der Waals surface area contributed by atoms with Crippen molar-refractivity contribution in [3.63, 3.8) is 0 Å². The van der Waals surface area contributed by atoms with E-state index in [1.807, 2.05) is 62.5 Å². The van der Waals surface area contributed by atoms with Gasteiger partial charge in [0.15, 0.2) is 32.0 Å². The Hall–Kier alpha value is -7.03. The van der Waals surface area contributed by atoms with Gasteiger partial charge in [-0.3, -0.25) is 53.6 Å². The topological polar surface area (TPSA) is 368 Å². The SMILES string of the molecule is CC(C)OC(=O)c1cc(-n2c(=O)cc(C(F)(F)F)n(C)c2=O)ccc1Cl.CC1COc2ccccc2N1C(=O)C(Cl)Cl.CCc1cccc(C)c1N(C(=O)CCl)C(C)COC.CS(=O)(=O)c1ccc(C(=O)C2C(=O)CCCC2=O)c([N+](=O)[O-])c1.C[S+](C)C.O=C(O)CNCP(=O)([O-])O. The first-order valence-electron chi connectivity index (χ1n) is 29.1. The van der Waals surface area contributed by atoms with Gasteiger partial charge in [0, 0.05) is 45.4 Å². The van der Waals surface area contributed by atoms with Crippen molar-refractivity contribution in [2.45, 2.75) is 101 Å². The fraction of sp³-hybridized carbons (Fsp3) is 0.435. The van der Waals surface area contributed by atoms with Gasteiger partial charge >= 0.3 is 23.8 Å². The van der Waals surface area contributed by atoms with Crippen LogP contribution in [-0.4, -0.2) is 161 Å². The van der Waals surface area contributed by atoms with Gasteiger partial charge in [-0.25, -0.2) is 22.6 Å². The van der Waals surface area contributed by atoms with Crippen LogP contribution in [0.25, 0.3) is 5.69 Å². The van der Waals surface area contributed by atoms with Crippen LogP contribution in [0.15, 0.2) is 99.4 Å². The normalized spacial score (nSPS) is 14.5. The highest BCUT2D eigenvalue weighted by atomic mass is 35.5. The van der Waals surface area contributed by atoms with Gasteiger partial charge in [-0.1, -0.05) is 72.1 Å². The smallest absolute Gasteiger partial charge is 0.431 e. The van der Waals surface area contributed by atoms with Crippen molar-refractivity contribution in [3.05, 3.63) is 149 Å². The maximum Gasteiger partial charge on any atom is 0.431 e. The van der Waals surface area contributed by atoms with E-state index in [0.717, 1.165) is 66.5 Å². The number of carbonyl (C=O) groups excluding carboxylic acids is 6. The lowest BCUT2D eigenvalue weighted by Gasteiger charge is -2.35. The van der Waals surface area contributed by atoms with E-state index in [9.17, 15) is 84.3 Å². The van der Waals surface area contributed by atoms with Gasteiger partial charge in [0.25, 0.3) is 17.2 Å². The van der Waals surface area contributed by atoms with E-state index < -0.39 is 116 Å². The molecule has 36 heteroatoms. The quantitative estimate of drug-likeness (QED) is 0.0108. The van der Waals surface area contributed by atoms with Crippen LogP contribution in [-0.2, 0) is 78.4 Å². The molecular formula is C62H76Cl4F3N6O20PS2. The number of nitrogens with zero attached hydrogens (tertiary/aromatic N) is 5. The third-order valence-electron chi connectivity index (χ3n) is 13.2. The summed E-state index contributed by atoms with van der Waals surface area (Å²) in [6.07, 6.45) is 2.82. The number of nitro groups is 1. The number of carbonyl (C=O) groups is 7. The number of fused-ring (bicyclic) bond motifs is 1. The molecule has 540 valence electrons. The molecule has 4 aromatic carbocycles. The fourth-order valence-corrected chi connectivity index (χ4v) is 10.6. The minimum Gasteiger partial charge on any atom is -0.778 e. The third kappa shape index (κ3) is 26.6. The summed E-state index contributed by atoms with van der Waals surface area (Å²) in [7, 11) is -4.87. The molecule has 0 saturated heterocycles. The second kappa shape index (κ2) is 39.7. The number of hydrogen-bond donors (Lipinski definition) is 3. The molecule has 3 N–H and O–H groups in total. The summed E-state index contributed by atoms with van der Waals surface area (Å²) >= 11 is 22.9. The van der Waals surface area contributed by atoms with E-state index in [0.29, 0.717) is 51.5 Å². The zero-order valence-electron chi connectivity index (χ0n) is 55.2. The molecule has 1 aliphatic heterocycles. The van der Waals surface area contributed by atoms with E-state index in [4.69, 9.17) is 70.6 Å². The molecule has 3 atom stereocenters. The van der Waals surface area contributed by atoms with E-state index in [1.165, 1.54) is 12.1 Å². The number of aromatic nitrogens is 2. The predicted octanol–water partition coefficient (Wildman–Crippen LogP) is 8.32. The Morgan fingerprint density at radius 2 is 1.53 bits per heavy atom. The molecule has 26 nitrogen and oxygen atoms in total. The van der Waals surface area contributed by atoms with E-state index in [1.54, 1.807) is 30.8 Å². The number of carboxylic acid groups (broad SMARTS) is 1. The Morgan fingerprint density at radius 1 is 0.939 bits per heavy atom. The number of halogens is 7. The largest absolute Gasteiger partial charge is 0.778 e. The molecule has 7 rings (SSSR count). The number of ether oxygens (including phenoxy) is 3. The minimum atomic E-state index is -4.86. The van der Waals surface area contributed by atoms with Crippen LogP contribution in [0.5, 0.6) is 5.75 Å². The van der Waals surface area contributed by atoms with Crippen LogP contribution in [0.3, 0.4) is 0 Å². The van der Waals surface area contributed by atoms with E-state index in [2.05, 4.69) is 31.8 Å². The number of Topliss-reactive ketones (excluding diaryl/α,β-unsaturated/α-hetero) is 3. The Labute approximate surface area is 586 Å². The molecule has 5 aromatic rings. The van der Waals surface area contributed by atoms with Gasteiger partial charge in [0.1, 0.15) is 37.4 Å². The maximum atomic E-state index is 12.9. The number of amides is 2. The Kier molecular flexibility index (Phi) is 35.2. The monoisotopic (exact) mass is 1520 g/mol. The summed E-state index contributed by atoms with van der Waals surface area (Å²) in [6.45, 7) is 11.7. The van der Waals surface area contributed by atoms with Crippen molar-refractivity contribution in [1.29, 1.82) is 0 Å². The van der Waals surface area contributed by atoms with Crippen LogP contribution < -0.4 is 36.0 Å². The number of sulfone groups is 1. The standard InChI is InChI=1S/C16H14ClF3N2O4.C15H22ClNO2.C14H13NO7S.C11H11Cl2NO2.C3H8NO5P.C3H9S/c1-8(2)26-14(24)10-6-9(4-5-11(10)17)22-13(23)7-12(16(18,19)20)21(3)15(22)25;1-5-13-8-6-7-11(2)15(13)17(14(18)9-16)12(3)10-19-4;1-23(21,22)8-5-6-9(10(7-8)15(19)20)14(18)13-11(16)3-2-4-12(13)17;1-7-6-16-9-5-3-2-4-8(9)14(7)11(15)10(12)13;5-3(6)1-4-2-10(7,8)9;1-4(2)3/h4-8H,1-3H3;6-8,12H,5,9-10H2,1-4H3;5-7,13H,2-4H2,1H3;2-5,7,10H,6H2,1H3;4H,1-2H2,(H,5,6)(H2,7,8,9);1-3H3/q;;;;;+1/p-1. The number of anilines is 2. The van der Waals surface area contributed by atoms with Crippen molar-refractivity contribution < 1.29 is 93.7 Å². The van der Waals surface area contributed by atoms with Crippen LogP contribution in [0.2, 0.25) is 5.02 Å². The first kappa shape index (κ1) is 87.1. The highest BCUT2D eigenvalue weighted by Crippen LogP contribution is 2.36. The van der Waals surface area contributed by atoms with Gasteiger partial charge < -0.3 is 43.5 Å². The molecule has 1 aromatic heterocycles. The number of alkyl halides is 6. The molecule has 1 fully saturated rings. The Morgan fingerprint density at radius 3 is 2.03 bits per heavy atom. The summed E-state index contributed by atoms with van der Waals surface area (Å²) in [5.74, 6) is -5.31. The molecule has 1 aliphatic carbocycles. The molecule has 1 saturated carbocycles. The average molecular weight is 1520 g/mol. The summed E-state index contributed by atoms with van der Waals surface area (Å²) in [4.78, 5) is 137. The molecular weight excluding hydrogens is 1440 g/mol. The number of nitro benzene ring substituents is 1. The van der Waals surface area contributed by atoms with Gasteiger partial charge in [0.05, 0.1) is 99.4 Å². The van der Waals surface area contributed by atoms with Crippen LogP contribution in [0.1, 0.15) is 91.4 Å². The number of benzene rings is 4. The van der Waals surface area contributed by atoms with Gasteiger partial charge in [-0.05, 0) is 112 Å². The molecule has 0 bridgehead atoms. The molecule has 98 heavy (non-hydrogen) atoms. The van der Waals surface area contributed by atoms with Gasteiger partial charge in [0.2, 0.25) is 5.91 Å². The third-order valence-corrected chi connectivity index (χ3v) is 15.9. The number of carboxylic acids is 1. The zero-order chi connectivity index (χ0) is 75.1. The molecule has 2 aliphatic rings. The van der Waals surface area contributed by atoms with Crippen molar-refractivity contribution in [3.8, 4) is 11.4 Å². The first-order valence-corrected chi connectivity index (χ1v) is 37.0. The number of para-hydroxylation sites is 3. The molecule has 0 radical (unpaired) electrons. The Balaban J connectivity index is 0.000000421. The van der Waals surface area contributed by atoms with Crippen LogP contribution in [0.4, 0.5) is 30.2 Å². The second-order valence-electron chi connectivity index (χ2n) is 22.1. The van der Waals surface area contributed by atoms with Crippen molar-refractivity contribution in [2.24, 2.45) is 13.0 Å². The summed E-state index contributed by atoms with van der Waals surface area (Å²) in [5.41, 5.74) is -1.24. The lowest BCUT2D eigenvalue weighted by molar-refractivity contribution is -0.385. The number of aryl methyl sites for hydroxylation is 2. The average Bonchev–Trinajstić information content (AvgIpc) is 0.772. The molecule has 2 amide bonds. The maximum absolute atomic E-state index is 12.9. The number of rotatable bonds is 18. The van der Waals surface area contributed by atoms with E-state index >= 15 is 0 Å². The predicted molar refractivity (Wildman–Crippen MR) is 366 cm³/mol. The number of ketones is 3. The number of esters is 1. The fourth-order valence-electron chi connectivity index (χ4n) is 9.04. The van der Waals surface area contributed by atoms with Crippen molar-refractivity contribution >= 4 is 133 Å². The molecule has 2 heterocycles. The number of nitrogens with one attached hydrogen (secondary N) is 1. The molecule has 0 spiro atoms. The first-order chi connectivity index (χ1) is 45.4. The summed E-state index contributed by atoms with van der Waals surface area (Å²) < 4.78 is 88.1. The molecule has 3 unspecified atom stereocenters. The number of methoxy groups -OCH3 is 1. The Bertz CT molecular complexity index is 3950. The van der Waals surface area contributed by atoms with Crippen LogP contribution >= 0.6 is 54.0 Å². The van der Waals surface area contributed by atoms with Gasteiger partial charge in [-0.15, -0.1) is 11.6 Å². The lowest BCUT2D eigenvalue weighted by atomic mass is 9.81. The van der Waals surface area contributed by atoms with Crippen LogP contribution in [0, 0.1) is 23.0 Å². The highest BCUT2D eigenvalue weighted by molar-refractivity contribution is 7.94. The van der Waals surface area contributed by atoms with Gasteiger partial charge in [-0.2, -0.15) is 13.2 Å². The number of aliphatic carboxylic acids is 1. The minimum absolute atomic E-state index is 0.0104.